The summed E-state index contributed by atoms with van der Waals surface area (Å²) >= 11 is 5.63. The lowest BCUT2D eigenvalue weighted by Gasteiger charge is -2.36. The number of aromatic nitrogens is 1. The number of thiocarbonyl (C=S) groups is 1. The van der Waals surface area contributed by atoms with Crippen LogP contribution in [-0.4, -0.2) is 56.5 Å². The molecule has 3 saturated heterocycles. The fourth-order valence-corrected chi connectivity index (χ4v) is 5.48. The van der Waals surface area contributed by atoms with Gasteiger partial charge in [-0.3, -0.25) is 9.78 Å². The Hall–Kier alpha value is -3.52. The number of carbonyl (C=O) groups is 2. The van der Waals surface area contributed by atoms with Gasteiger partial charge in [-0.05, 0) is 42.2 Å². The number of rotatable bonds is 2. The van der Waals surface area contributed by atoms with Crippen molar-refractivity contribution in [3.8, 4) is 0 Å². The summed E-state index contributed by atoms with van der Waals surface area (Å²) in [6.45, 7) is 0.621. The summed E-state index contributed by atoms with van der Waals surface area (Å²) < 4.78 is 0. The molecule has 1 aromatic heterocycles. The predicted molar refractivity (Wildman–Crippen MR) is 122 cm³/mol. The Labute approximate surface area is 184 Å². The Morgan fingerprint density at radius 3 is 2.74 bits per heavy atom. The summed E-state index contributed by atoms with van der Waals surface area (Å²) in [5, 5.41) is 5.66. The molecule has 3 fully saturated rings. The maximum absolute atomic E-state index is 13.5. The van der Waals surface area contributed by atoms with Crippen LogP contribution in [0.15, 0.2) is 67.0 Å². The first-order chi connectivity index (χ1) is 15.1. The van der Waals surface area contributed by atoms with Gasteiger partial charge in [-0.15, -0.1) is 0 Å². The van der Waals surface area contributed by atoms with Crippen molar-refractivity contribution in [3.63, 3.8) is 0 Å². The lowest BCUT2D eigenvalue weighted by atomic mass is 10.1. The first kappa shape index (κ1) is 18.3. The van der Waals surface area contributed by atoms with E-state index in [0.717, 1.165) is 22.9 Å². The molecule has 3 aromatic rings. The van der Waals surface area contributed by atoms with Gasteiger partial charge in [0.15, 0.2) is 5.11 Å². The average Bonchev–Trinajstić information content (AvgIpc) is 3.46. The number of nitrogens with one attached hydrogen (secondary N) is 1. The van der Waals surface area contributed by atoms with Crippen molar-refractivity contribution in [2.45, 2.75) is 24.5 Å². The van der Waals surface area contributed by atoms with Crippen molar-refractivity contribution in [1.29, 1.82) is 0 Å². The molecule has 1 unspecified atom stereocenters. The molecule has 3 amide bonds. The first-order valence-electron chi connectivity index (χ1n) is 10.2. The van der Waals surface area contributed by atoms with E-state index in [0.29, 0.717) is 17.3 Å². The van der Waals surface area contributed by atoms with E-state index < -0.39 is 6.04 Å². The molecule has 4 heterocycles. The van der Waals surface area contributed by atoms with Crippen LogP contribution in [0.5, 0.6) is 0 Å². The molecule has 0 radical (unpaired) electrons. The zero-order valence-corrected chi connectivity index (χ0v) is 17.3. The van der Waals surface area contributed by atoms with Gasteiger partial charge in [-0.2, -0.15) is 0 Å². The van der Waals surface area contributed by atoms with E-state index in [9.17, 15) is 9.59 Å². The second-order valence-electron chi connectivity index (χ2n) is 8.09. The lowest BCUT2D eigenvalue weighted by Crippen LogP contribution is -2.55. The zero-order valence-electron chi connectivity index (χ0n) is 16.5. The quantitative estimate of drug-likeness (QED) is 0.498. The van der Waals surface area contributed by atoms with Crippen LogP contribution in [0.25, 0.3) is 10.8 Å². The van der Waals surface area contributed by atoms with Crippen LogP contribution in [-0.2, 0) is 4.79 Å². The van der Waals surface area contributed by atoms with Crippen molar-refractivity contribution in [1.82, 2.24) is 14.8 Å². The average molecular weight is 430 g/mol. The Morgan fingerprint density at radius 1 is 1.06 bits per heavy atom. The van der Waals surface area contributed by atoms with E-state index in [-0.39, 0.29) is 24.0 Å². The van der Waals surface area contributed by atoms with E-state index in [2.05, 4.69) is 10.3 Å². The molecular formula is C23H19N5O2S. The first-order valence-corrected chi connectivity index (χ1v) is 10.7. The monoisotopic (exact) mass is 429 g/mol. The van der Waals surface area contributed by atoms with Gasteiger partial charge in [-0.25, -0.2) is 9.69 Å². The Morgan fingerprint density at radius 2 is 1.90 bits per heavy atom. The fourth-order valence-electron chi connectivity index (χ4n) is 5.15. The number of benzene rings is 2. The van der Waals surface area contributed by atoms with E-state index in [1.54, 1.807) is 17.3 Å². The molecule has 3 aliphatic heterocycles. The van der Waals surface area contributed by atoms with Crippen LogP contribution in [0, 0.1) is 0 Å². The van der Waals surface area contributed by atoms with E-state index in [1.165, 1.54) is 4.90 Å². The predicted octanol–water partition coefficient (Wildman–Crippen LogP) is 3.23. The summed E-state index contributed by atoms with van der Waals surface area (Å²) in [6, 6.07) is 16.3. The second-order valence-corrected chi connectivity index (χ2v) is 8.47. The van der Waals surface area contributed by atoms with Gasteiger partial charge in [-0.1, -0.05) is 36.4 Å². The van der Waals surface area contributed by atoms with E-state index in [4.69, 9.17) is 12.2 Å². The minimum Gasteiger partial charge on any atom is -0.341 e. The van der Waals surface area contributed by atoms with Crippen LogP contribution >= 0.6 is 12.2 Å². The van der Waals surface area contributed by atoms with Gasteiger partial charge in [0.1, 0.15) is 6.04 Å². The summed E-state index contributed by atoms with van der Waals surface area (Å²) in [5.41, 5.74) is 1.45. The standard InChI is InChI=1S/C23H19N5O2S/c29-21-20-19-11-16(13-26(19)22(31)25-15-7-4-10-24-12-15)27(20)23(30)28(21)18-9-3-6-14-5-1-2-8-17(14)18/h1-10,12,16,19-20H,11,13H2,(H,25,31)/t16-,19?,20-/m1/s1. The van der Waals surface area contributed by atoms with Crippen molar-refractivity contribution >= 4 is 51.4 Å². The highest BCUT2D eigenvalue weighted by molar-refractivity contribution is 7.80. The van der Waals surface area contributed by atoms with Crippen molar-refractivity contribution in [2.24, 2.45) is 0 Å². The zero-order chi connectivity index (χ0) is 21.1. The Bertz CT molecular complexity index is 1230. The number of hydrogen-bond acceptors (Lipinski definition) is 4. The summed E-state index contributed by atoms with van der Waals surface area (Å²) in [4.78, 5) is 36.1. The maximum Gasteiger partial charge on any atom is 0.332 e. The molecule has 8 heteroatoms. The summed E-state index contributed by atoms with van der Waals surface area (Å²) in [5.74, 6) is -0.178. The van der Waals surface area contributed by atoms with Crippen molar-refractivity contribution in [2.75, 3.05) is 16.8 Å². The van der Waals surface area contributed by atoms with Gasteiger partial charge in [0, 0.05) is 18.1 Å². The molecule has 1 N–H and O–H groups in total. The third kappa shape index (κ3) is 2.64. The van der Waals surface area contributed by atoms with E-state index >= 15 is 0 Å². The van der Waals surface area contributed by atoms with Crippen LogP contribution in [0.1, 0.15) is 6.42 Å². The number of piperazine rings is 1. The van der Waals surface area contributed by atoms with E-state index in [1.807, 2.05) is 59.5 Å². The molecule has 0 saturated carbocycles. The number of likely N-dealkylation sites (tertiary alicyclic amines) is 1. The summed E-state index contributed by atoms with van der Waals surface area (Å²) in [7, 11) is 0. The highest BCUT2D eigenvalue weighted by Crippen LogP contribution is 2.43. The smallest absolute Gasteiger partial charge is 0.332 e. The lowest BCUT2D eigenvalue weighted by molar-refractivity contribution is -0.120. The van der Waals surface area contributed by atoms with Crippen molar-refractivity contribution < 1.29 is 9.59 Å². The largest absolute Gasteiger partial charge is 0.341 e. The molecule has 31 heavy (non-hydrogen) atoms. The molecule has 6 rings (SSSR count). The molecule has 0 spiro atoms. The minimum absolute atomic E-state index is 0.0277. The third-order valence-electron chi connectivity index (χ3n) is 6.45. The van der Waals surface area contributed by atoms with Crippen LogP contribution in [0.3, 0.4) is 0 Å². The molecule has 3 atom stereocenters. The number of fused-ring (bicyclic) bond motifs is 6. The van der Waals surface area contributed by atoms with Gasteiger partial charge < -0.3 is 15.1 Å². The highest BCUT2D eigenvalue weighted by atomic mass is 32.1. The van der Waals surface area contributed by atoms with Crippen molar-refractivity contribution in [3.05, 3.63) is 67.0 Å². The number of pyridine rings is 1. The second kappa shape index (κ2) is 6.75. The third-order valence-corrected chi connectivity index (χ3v) is 6.78. The molecule has 2 bridgehead atoms. The molecule has 154 valence electrons. The fraction of sp³-hybridized carbons (Fsp3) is 0.217. The number of carbonyl (C=O) groups excluding carboxylic acids is 2. The number of hydrogen-bond donors (Lipinski definition) is 1. The number of amides is 3. The number of urea groups is 1. The molecular weight excluding hydrogens is 410 g/mol. The maximum atomic E-state index is 13.5. The summed E-state index contributed by atoms with van der Waals surface area (Å²) in [6.07, 6.45) is 4.16. The Balaban J connectivity index is 1.31. The minimum atomic E-state index is -0.515. The topological polar surface area (TPSA) is 68.8 Å². The van der Waals surface area contributed by atoms with Gasteiger partial charge in [0.05, 0.1) is 29.7 Å². The SMILES string of the molecule is O=C1[C@H]2C3C[C@H](CN3C(=S)Nc3cccnc3)N2C(=O)N1c1cccc2ccccc12. The normalized spacial score (nSPS) is 24.3. The molecule has 3 aliphatic rings. The van der Waals surface area contributed by atoms with Crippen LogP contribution in [0.4, 0.5) is 16.2 Å². The van der Waals surface area contributed by atoms with Gasteiger partial charge >= 0.3 is 6.03 Å². The number of nitrogens with zero attached hydrogens (tertiary/aromatic N) is 4. The number of imide groups is 1. The highest BCUT2D eigenvalue weighted by Gasteiger charge is 2.62. The van der Waals surface area contributed by atoms with Crippen LogP contribution in [0.2, 0.25) is 0 Å². The Kier molecular flexibility index (Phi) is 3.97. The van der Waals surface area contributed by atoms with Crippen LogP contribution < -0.4 is 10.2 Å². The number of anilines is 2. The molecule has 7 nitrogen and oxygen atoms in total. The molecule has 0 aliphatic carbocycles. The van der Waals surface area contributed by atoms with Gasteiger partial charge in [0.25, 0.3) is 5.91 Å². The molecule has 2 aromatic carbocycles. The van der Waals surface area contributed by atoms with Gasteiger partial charge in [0.2, 0.25) is 0 Å².